The van der Waals surface area contributed by atoms with E-state index < -0.39 is 0 Å². The molecule has 0 N–H and O–H groups in total. The molecule has 72 valence electrons. The van der Waals surface area contributed by atoms with Gasteiger partial charge in [-0.25, -0.2) is 9.97 Å². The number of halogens is 1. The van der Waals surface area contributed by atoms with Crippen LogP contribution in [-0.4, -0.2) is 14.5 Å². The summed E-state index contributed by atoms with van der Waals surface area (Å²) in [7, 11) is 0. The van der Waals surface area contributed by atoms with E-state index in [9.17, 15) is 0 Å². The van der Waals surface area contributed by atoms with E-state index in [2.05, 4.69) is 56.4 Å². The Morgan fingerprint density at radius 1 is 1.14 bits per heavy atom. The van der Waals surface area contributed by atoms with Crippen LogP contribution in [0.4, 0.5) is 0 Å². The fourth-order valence-electron chi connectivity index (χ4n) is 1.48. The van der Waals surface area contributed by atoms with Crippen molar-refractivity contribution in [3.63, 3.8) is 0 Å². The van der Waals surface area contributed by atoms with E-state index in [1.54, 1.807) is 6.20 Å². The van der Waals surface area contributed by atoms with Crippen molar-refractivity contribution in [3.05, 3.63) is 40.5 Å². The highest BCUT2D eigenvalue weighted by molar-refractivity contribution is 9.10. The predicted molar refractivity (Wildman–Crippen MR) is 58.5 cm³/mol. The summed E-state index contributed by atoms with van der Waals surface area (Å²) < 4.78 is 2.70. The van der Waals surface area contributed by atoms with Gasteiger partial charge >= 0.3 is 0 Å². The van der Waals surface area contributed by atoms with Gasteiger partial charge < -0.3 is 4.57 Å². The number of rotatable bonds is 1. The maximum absolute atomic E-state index is 4.31. The maximum Gasteiger partial charge on any atom is 0.198 e. The van der Waals surface area contributed by atoms with Gasteiger partial charge in [-0.2, -0.15) is 0 Å². The van der Waals surface area contributed by atoms with E-state index in [-0.39, 0.29) is 0 Å². The molecule has 14 heavy (non-hydrogen) atoms. The summed E-state index contributed by atoms with van der Waals surface area (Å²) in [5.41, 5.74) is 2.35. The fourth-order valence-corrected chi connectivity index (χ4v) is 1.78. The van der Waals surface area contributed by atoms with Crippen molar-refractivity contribution in [2.45, 2.75) is 13.8 Å². The zero-order valence-corrected chi connectivity index (χ0v) is 9.62. The summed E-state index contributed by atoms with van der Waals surface area (Å²) in [6.45, 7) is 4.12. The van der Waals surface area contributed by atoms with E-state index >= 15 is 0 Å². The average molecular weight is 252 g/mol. The minimum absolute atomic E-state index is 0.613. The van der Waals surface area contributed by atoms with Crippen LogP contribution in [0.3, 0.4) is 0 Å². The van der Waals surface area contributed by atoms with E-state index in [1.807, 2.05) is 6.07 Å². The number of aromatic nitrogens is 3. The molecule has 0 bridgehead atoms. The van der Waals surface area contributed by atoms with Crippen LogP contribution in [-0.2, 0) is 0 Å². The minimum atomic E-state index is 0.613. The lowest BCUT2D eigenvalue weighted by molar-refractivity contribution is 0.899. The predicted octanol–water partition coefficient (Wildman–Crippen LogP) is 2.65. The quantitative estimate of drug-likeness (QED) is 0.730. The zero-order chi connectivity index (χ0) is 10.1. The van der Waals surface area contributed by atoms with E-state index in [4.69, 9.17) is 0 Å². The van der Waals surface area contributed by atoms with Crippen molar-refractivity contribution in [2.24, 2.45) is 0 Å². The second-order valence-electron chi connectivity index (χ2n) is 3.14. The van der Waals surface area contributed by atoms with Crippen LogP contribution in [0.1, 0.15) is 11.4 Å². The molecule has 0 amide bonds. The van der Waals surface area contributed by atoms with E-state index in [1.165, 1.54) is 11.4 Å². The summed E-state index contributed by atoms with van der Waals surface area (Å²) in [4.78, 5) is 8.31. The molecule has 4 heteroatoms. The second-order valence-corrected chi connectivity index (χ2v) is 3.84. The third-order valence-corrected chi connectivity index (χ3v) is 2.49. The fraction of sp³-hybridized carbons (Fsp3) is 0.200. The summed E-state index contributed by atoms with van der Waals surface area (Å²) >= 11 is 3.26. The molecule has 0 unspecified atom stereocenters. The van der Waals surface area contributed by atoms with Crippen LogP contribution >= 0.6 is 15.9 Å². The highest BCUT2D eigenvalue weighted by atomic mass is 79.9. The molecule has 0 saturated carbocycles. The number of nitrogens with zero attached hydrogens (tertiary/aromatic N) is 3. The van der Waals surface area contributed by atoms with Gasteiger partial charge in [0, 0.05) is 17.6 Å². The van der Waals surface area contributed by atoms with Crippen molar-refractivity contribution in [2.75, 3.05) is 0 Å². The van der Waals surface area contributed by atoms with Crippen LogP contribution in [0.25, 0.3) is 5.82 Å². The normalized spacial score (nSPS) is 10.5. The zero-order valence-electron chi connectivity index (χ0n) is 8.03. The molecular formula is C10H10BrN3. The van der Waals surface area contributed by atoms with Crippen molar-refractivity contribution in [1.29, 1.82) is 0 Å². The summed E-state index contributed by atoms with van der Waals surface area (Å²) in [6.07, 6.45) is 1.74. The Morgan fingerprint density at radius 2 is 1.79 bits per heavy atom. The van der Waals surface area contributed by atoms with Crippen LogP contribution in [0.15, 0.2) is 29.1 Å². The minimum Gasteiger partial charge on any atom is -0.303 e. The van der Waals surface area contributed by atoms with Crippen molar-refractivity contribution in [3.8, 4) is 5.82 Å². The molecule has 0 fully saturated rings. The Labute approximate surface area is 90.9 Å². The lowest BCUT2D eigenvalue weighted by Gasteiger charge is -2.07. The Morgan fingerprint density at radius 3 is 2.36 bits per heavy atom. The van der Waals surface area contributed by atoms with Crippen molar-refractivity contribution >= 4 is 15.9 Å². The highest BCUT2D eigenvalue weighted by Gasteiger charge is 2.04. The first kappa shape index (κ1) is 9.40. The largest absolute Gasteiger partial charge is 0.303 e. The molecule has 2 aromatic rings. The van der Waals surface area contributed by atoms with Gasteiger partial charge in [0.2, 0.25) is 0 Å². The summed E-state index contributed by atoms with van der Waals surface area (Å²) in [5, 5.41) is 0. The van der Waals surface area contributed by atoms with Gasteiger partial charge in [-0.3, -0.25) is 0 Å². The van der Waals surface area contributed by atoms with Gasteiger partial charge in [-0.1, -0.05) is 0 Å². The van der Waals surface area contributed by atoms with Crippen LogP contribution in [0.2, 0.25) is 0 Å². The van der Waals surface area contributed by atoms with Gasteiger partial charge in [-0.05, 0) is 48.0 Å². The lowest BCUT2D eigenvalue weighted by atomic mass is 10.5. The first-order valence-corrected chi connectivity index (χ1v) is 5.11. The van der Waals surface area contributed by atoms with Crippen LogP contribution in [0.5, 0.6) is 0 Å². The van der Waals surface area contributed by atoms with Crippen molar-refractivity contribution in [1.82, 2.24) is 14.5 Å². The van der Waals surface area contributed by atoms with Gasteiger partial charge in [0.25, 0.3) is 0 Å². The molecule has 0 atom stereocenters. The van der Waals surface area contributed by atoms with Gasteiger partial charge in [0.1, 0.15) is 5.82 Å². The van der Waals surface area contributed by atoms with E-state index in [0.717, 1.165) is 5.82 Å². The highest BCUT2D eigenvalue weighted by Crippen LogP contribution is 2.14. The molecule has 0 saturated heterocycles. The molecule has 0 spiro atoms. The molecule has 0 aliphatic heterocycles. The molecule has 2 aromatic heterocycles. The van der Waals surface area contributed by atoms with E-state index in [0.29, 0.717) is 4.73 Å². The van der Waals surface area contributed by atoms with Crippen LogP contribution in [0, 0.1) is 13.8 Å². The lowest BCUT2D eigenvalue weighted by Crippen LogP contribution is -2.01. The standard InChI is InChI=1S/C10H10BrN3/c1-7-3-4-8(2)14(7)9-5-6-12-10(11)13-9/h3-6H,1-2H3. The Hall–Kier alpha value is -1.16. The molecular weight excluding hydrogens is 242 g/mol. The Bertz CT molecular complexity index is 443. The molecule has 2 heterocycles. The first-order chi connectivity index (χ1) is 6.68. The Kier molecular flexibility index (Phi) is 2.37. The summed E-state index contributed by atoms with van der Waals surface area (Å²) in [6, 6.07) is 6.04. The molecule has 0 aromatic carbocycles. The topological polar surface area (TPSA) is 30.7 Å². The smallest absolute Gasteiger partial charge is 0.198 e. The van der Waals surface area contributed by atoms with Gasteiger partial charge in [0.05, 0.1) is 0 Å². The molecule has 0 radical (unpaired) electrons. The summed E-state index contributed by atoms with van der Waals surface area (Å²) in [5.74, 6) is 0.895. The maximum atomic E-state index is 4.31. The second kappa shape index (κ2) is 3.53. The molecule has 0 aliphatic rings. The first-order valence-electron chi connectivity index (χ1n) is 4.32. The average Bonchev–Trinajstić information content (AvgIpc) is 2.46. The monoisotopic (exact) mass is 251 g/mol. The number of hydrogen-bond acceptors (Lipinski definition) is 2. The van der Waals surface area contributed by atoms with Gasteiger partial charge in [-0.15, -0.1) is 0 Å². The van der Waals surface area contributed by atoms with Crippen molar-refractivity contribution < 1.29 is 0 Å². The third kappa shape index (κ3) is 1.57. The molecule has 2 rings (SSSR count). The number of aryl methyl sites for hydroxylation is 2. The van der Waals surface area contributed by atoms with Gasteiger partial charge in [0.15, 0.2) is 4.73 Å². The van der Waals surface area contributed by atoms with Crippen LogP contribution < -0.4 is 0 Å². The molecule has 3 nitrogen and oxygen atoms in total. The third-order valence-electron chi connectivity index (χ3n) is 2.11. The molecule has 0 aliphatic carbocycles. The Balaban J connectivity index is 2.59. The number of hydrogen-bond donors (Lipinski definition) is 0. The SMILES string of the molecule is Cc1ccc(C)n1-c1ccnc(Br)n1.